The van der Waals surface area contributed by atoms with Crippen molar-refractivity contribution in [1.82, 2.24) is 0 Å². The summed E-state index contributed by atoms with van der Waals surface area (Å²) in [5.41, 5.74) is 0.103. The Kier molecular flexibility index (Phi) is 5.16. The average Bonchev–Trinajstić information content (AvgIpc) is 2.58. The molecule has 8 heteroatoms. The maximum Gasteiger partial charge on any atom is 0.218 e. The number of hydrogen-bond donors (Lipinski definition) is 1. The first kappa shape index (κ1) is 17.4. The standard InChI is InChI=1S/C16H12F2N2O3S/c1-23-12-3-5-13(6-4-12)24(21,22)14(9-19)10-20-11-2-7-15(17)16(18)8-11/h2-8,10,20H,1H3/b14-10+. The Balaban J connectivity index is 2.31. The summed E-state index contributed by atoms with van der Waals surface area (Å²) in [5.74, 6) is -1.66. The van der Waals surface area contributed by atoms with Crippen LogP contribution in [0.15, 0.2) is 58.5 Å². The molecule has 0 heterocycles. The van der Waals surface area contributed by atoms with Crippen LogP contribution in [0.5, 0.6) is 5.75 Å². The molecule has 5 nitrogen and oxygen atoms in total. The van der Waals surface area contributed by atoms with Crippen molar-refractivity contribution in [1.29, 1.82) is 5.26 Å². The monoisotopic (exact) mass is 350 g/mol. The van der Waals surface area contributed by atoms with E-state index in [2.05, 4.69) is 5.32 Å². The Bertz CT molecular complexity index is 917. The van der Waals surface area contributed by atoms with Crippen LogP contribution in [0.25, 0.3) is 0 Å². The highest BCUT2D eigenvalue weighted by Crippen LogP contribution is 2.22. The smallest absolute Gasteiger partial charge is 0.218 e. The molecule has 0 spiro atoms. The van der Waals surface area contributed by atoms with Crippen LogP contribution >= 0.6 is 0 Å². The first-order valence-electron chi connectivity index (χ1n) is 6.59. The van der Waals surface area contributed by atoms with E-state index in [0.29, 0.717) is 5.75 Å². The zero-order valence-corrected chi connectivity index (χ0v) is 13.3. The van der Waals surface area contributed by atoms with Crippen molar-refractivity contribution >= 4 is 15.5 Å². The van der Waals surface area contributed by atoms with Crippen LogP contribution in [0.4, 0.5) is 14.5 Å². The summed E-state index contributed by atoms with van der Waals surface area (Å²) in [6, 6.07) is 10.0. The third kappa shape index (κ3) is 3.70. The Morgan fingerprint density at radius 3 is 2.38 bits per heavy atom. The van der Waals surface area contributed by atoms with Crippen LogP contribution in [0, 0.1) is 23.0 Å². The van der Waals surface area contributed by atoms with Crippen molar-refractivity contribution in [3.63, 3.8) is 0 Å². The van der Waals surface area contributed by atoms with Gasteiger partial charge in [0.1, 0.15) is 11.8 Å². The summed E-state index contributed by atoms with van der Waals surface area (Å²) < 4.78 is 55.7. The number of ether oxygens (including phenoxy) is 1. The largest absolute Gasteiger partial charge is 0.497 e. The molecular weight excluding hydrogens is 338 g/mol. The minimum absolute atomic E-state index is 0.0943. The first-order valence-corrected chi connectivity index (χ1v) is 8.08. The van der Waals surface area contributed by atoms with Gasteiger partial charge in [0.2, 0.25) is 9.84 Å². The van der Waals surface area contributed by atoms with Gasteiger partial charge in [-0.1, -0.05) is 0 Å². The number of nitrogens with one attached hydrogen (secondary N) is 1. The van der Waals surface area contributed by atoms with E-state index in [-0.39, 0.29) is 10.6 Å². The van der Waals surface area contributed by atoms with E-state index in [9.17, 15) is 17.2 Å². The van der Waals surface area contributed by atoms with Gasteiger partial charge in [-0.3, -0.25) is 0 Å². The Labute approximate surface area is 137 Å². The van der Waals surface area contributed by atoms with Gasteiger partial charge < -0.3 is 10.1 Å². The van der Waals surface area contributed by atoms with E-state index in [1.165, 1.54) is 37.4 Å². The second kappa shape index (κ2) is 7.10. The summed E-state index contributed by atoms with van der Waals surface area (Å²) in [6.07, 6.45) is 0.923. The lowest BCUT2D eigenvalue weighted by atomic mass is 10.3. The molecule has 2 rings (SSSR count). The summed E-state index contributed by atoms with van der Waals surface area (Å²) in [4.78, 5) is -0.666. The van der Waals surface area contributed by atoms with Crippen LogP contribution in [0.2, 0.25) is 0 Å². The molecule has 0 atom stereocenters. The van der Waals surface area contributed by atoms with E-state index >= 15 is 0 Å². The molecule has 1 N–H and O–H groups in total. The lowest BCUT2D eigenvalue weighted by molar-refractivity contribution is 0.414. The molecule has 0 radical (unpaired) electrons. The molecule has 0 bridgehead atoms. The molecule has 2 aromatic rings. The molecule has 0 aliphatic carbocycles. The maximum absolute atomic E-state index is 13.1. The molecule has 24 heavy (non-hydrogen) atoms. The van der Waals surface area contributed by atoms with Crippen LogP contribution in [0.1, 0.15) is 0 Å². The van der Waals surface area contributed by atoms with Crippen molar-refractivity contribution in [3.05, 3.63) is 65.2 Å². The Morgan fingerprint density at radius 2 is 1.83 bits per heavy atom. The number of halogens is 2. The fraction of sp³-hybridized carbons (Fsp3) is 0.0625. The molecule has 0 aliphatic rings. The van der Waals surface area contributed by atoms with Gasteiger partial charge >= 0.3 is 0 Å². The van der Waals surface area contributed by atoms with Crippen molar-refractivity contribution in [2.45, 2.75) is 4.90 Å². The molecule has 0 aromatic heterocycles. The molecule has 0 saturated carbocycles. The fourth-order valence-corrected chi connectivity index (χ4v) is 2.87. The Hall–Kier alpha value is -2.92. The molecule has 0 unspecified atom stereocenters. The van der Waals surface area contributed by atoms with Crippen molar-refractivity contribution in [2.75, 3.05) is 12.4 Å². The van der Waals surface area contributed by atoms with E-state index in [4.69, 9.17) is 10.00 Å². The summed E-state index contributed by atoms with van der Waals surface area (Å²) in [6.45, 7) is 0. The van der Waals surface area contributed by atoms with E-state index in [1.54, 1.807) is 6.07 Å². The predicted octanol–water partition coefficient (Wildman–Crippen LogP) is 3.22. The number of rotatable bonds is 5. The molecule has 2 aromatic carbocycles. The van der Waals surface area contributed by atoms with Gasteiger partial charge in [0.25, 0.3) is 0 Å². The van der Waals surface area contributed by atoms with Crippen LogP contribution < -0.4 is 10.1 Å². The van der Waals surface area contributed by atoms with Crippen molar-refractivity contribution in [3.8, 4) is 11.8 Å². The number of sulfone groups is 1. The lowest BCUT2D eigenvalue weighted by Gasteiger charge is -2.06. The fourth-order valence-electron chi connectivity index (χ4n) is 1.79. The first-order chi connectivity index (χ1) is 11.4. The zero-order valence-electron chi connectivity index (χ0n) is 12.5. The molecule has 0 saturated heterocycles. The lowest BCUT2D eigenvalue weighted by Crippen LogP contribution is -2.06. The number of hydrogen-bond acceptors (Lipinski definition) is 5. The van der Waals surface area contributed by atoms with Crippen molar-refractivity contribution in [2.24, 2.45) is 0 Å². The van der Waals surface area contributed by atoms with Gasteiger partial charge in [-0.2, -0.15) is 5.26 Å². The van der Waals surface area contributed by atoms with Crippen LogP contribution in [-0.4, -0.2) is 15.5 Å². The number of allylic oxidation sites excluding steroid dienone is 1. The maximum atomic E-state index is 13.1. The van der Waals surface area contributed by atoms with Crippen molar-refractivity contribution < 1.29 is 21.9 Å². The highest BCUT2D eigenvalue weighted by Gasteiger charge is 2.20. The molecule has 124 valence electrons. The summed E-state index contributed by atoms with van der Waals surface area (Å²) in [5, 5.41) is 11.6. The second-order valence-electron chi connectivity index (χ2n) is 4.57. The zero-order chi connectivity index (χ0) is 17.7. The minimum atomic E-state index is -4.05. The number of anilines is 1. The molecule has 0 aliphatic heterocycles. The number of benzene rings is 2. The minimum Gasteiger partial charge on any atom is -0.497 e. The molecular formula is C16H12F2N2O3S. The van der Waals surface area contributed by atoms with E-state index in [1.807, 2.05) is 0 Å². The average molecular weight is 350 g/mol. The van der Waals surface area contributed by atoms with E-state index < -0.39 is 26.4 Å². The Morgan fingerprint density at radius 1 is 1.17 bits per heavy atom. The van der Waals surface area contributed by atoms with Gasteiger partial charge in [-0.25, -0.2) is 17.2 Å². The molecule has 0 amide bonds. The number of nitriles is 1. The third-order valence-corrected chi connectivity index (χ3v) is 4.74. The van der Waals surface area contributed by atoms with Crippen LogP contribution in [-0.2, 0) is 9.84 Å². The second-order valence-corrected chi connectivity index (χ2v) is 6.49. The topological polar surface area (TPSA) is 79.2 Å². The van der Waals surface area contributed by atoms with Gasteiger partial charge in [0.05, 0.1) is 12.0 Å². The number of nitrogens with zero attached hydrogens (tertiary/aromatic N) is 1. The SMILES string of the molecule is COc1ccc(S(=O)(=O)/C(C#N)=C/Nc2ccc(F)c(F)c2)cc1. The number of methoxy groups -OCH3 is 1. The quantitative estimate of drug-likeness (QED) is 0.838. The summed E-state index contributed by atoms with van der Waals surface area (Å²) in [7, 11) is -2.61. The van der Waals surface area contributed by atoms with Gasteiger partial charge in [-0.15, -0.1) is 0 Å². The normalized spacial score (nSPS) is 11.7. The van der Waals surface area contributed by atoms with Gasteiger partial charge in [0, 0.05) is 18.0 Å². The van der Waals surface area contributed by atoms with E-state index in [0.717, 1.165) is 18.3 Å². The molecule has 0 fully saturated rings. The predicted molar refractivity (Wildman–Crippen MR) is 83.9 cm³/mol. The van der Waals surface area contributed by atoms with Gasteiger partial charge in [-0.05, 0) is 36.4 Å². The highest BCUT2D eigenvalue weighted by molar-refractivity contribution is 7.95. The summed E-state index contributed by atoms with van der Waals surface area (Å²) >= 11 is 0. The van der Waals surface area contributed by atoms with Gasteiger partial charge in [0.15, 0.2) is 16.5 Å². The van der Waals surface area contributed by atoms with Crippen LogP contribution in [0.3, 0.4) is 0 Å². The highest BCUT2D eigenvalue weighted by atomic mass is 32.2. The third-order valence-electron chi connectivity index (χ3n) is 3.06.